The lowest BCUT2D eigenvalue weighted by Crippen LogP contribution is -2.37. The SMILES string of the molecule is NNC(=O)NN=S(=O)=O. The molecule has 0 spiro atoms. The van der Waals surface area contributed by atoms with E-state index in [1.54, 1.807) is 10.9 Å². The van der Waals surface area contributed by atoms with E-state index in [2.05, 4.69) is 10.3 Å². The number of urea groups is 1. The summed E-state index contributed by atoms with van der Waals surface area (Å²) in [5, 5.41) is 0. The Kier molecular flexibility index (Phi) is 3.32. The van der Waals surface area contributed by atoms with Gasteiger partial charge in [-0.05, 0) is 4.47 Å². The molecule has 52 valence electrons. The van der Waals surface area contributed by atoms with Gasteiger partial charge in [-0.15, -0.1) is 0 Å². The summed E-state index contributed by atoms with van der Waals surface area (Å²) >= 11 is 0. The van der Waals surface area contributed by atoms with E-state index in [0.29, 0.717) is 0 Å². The van der Waals surface area contributed by atoms with Crippen LogP contribution in [0.5, 0.6) is 0 Å². The summed E-state index contributed by atoms with van der Waals surface area (Å²) < 4.78 is 21.7. The highest BCUT2D eigenvalue weighted by atomic mass is 32.2. The Morgan fingerprint density at radius 3 is 2.44 bits per heavy atom. The fraction of sp³-hybridized carbons (Fsp3) is 0. The highest BCUT2D eigenvalue weighted by Crippen LogP contribution is 1.57. The Morgan fingerprint density at radius 1 is 1.56 bits per heavy atom. The van der Waals surface area contributed by atoms with Crippen LogP contribution in [0.2, 0.25) is 0 Å². The van der Waals surface area contributed by atoms with Crippen molar-refractivity contribution in [2.75, 3.05) is 0 Å². The maximum absolute atomic E-state index is 10.0. The van der Waals surface area contributed by atoms with Crippen LogP contribution < -0.4 is 16.7 Å². The van der Waals surface area contributed by atoms with E-state index in [9.17, 15) is 13.2 Å². The summed E-state index contributed by atoms with van der Waals surface area (Å²) in [6.45, 7) is 0. The van der Waals surface area contributed by atoms with Gasteiger partial charge in [0.05, 0.1) is 0 Å². The van der Waals surface area contributed by atoms with Crippen molar-refractivity contribution in [1.29, 1.82) is 0 Å². The molecule has 7 nitrogen and oxygen atoms in total. The van der Waals surface area contributed by atoms with E-state index in [-0.39, 0.29) is 0 Å². The molecule has 8 heteroatoms. The van der Waals surface area contributed by atoms with Gasteiger partial charge in [-0.1, -0.05) is 0 Å². The van der Waals surface area contributed by atoms with Crippen LogP contribution in [0.3, 0.4) is 0 Å². The lowest BCUT2D eigenvalue weighted by atomic mass is 11.1. The molecule has 0 unspecified atom stereocenters. The fourth-order valence-electron chi connectivity index (χ4n) is 0.111. The van der Waals surface area contributed by atoms with Crippen LogP contribution >= 0.6 is 0 Å². The standard InChI is InChI=1S/CH4N4O3S/c2-3-1(6)4-5-9(7)8/h2H2,(H2,3,4,6). The van der Waals surface area contributed by atoms with Crippen LogP contribution in [0, 0.1) is 0 Å². The van der Waals surface area contributed by atoms with E-state index < -0.39 is 16.5 Å². The summed E-state index contributed by atoms with van der Waals surface area (Å²) in [5.41, 5.74) is 3.17. The van der Waals surface area contributed by atoms with Gasteiger partial charge in [-0.2, -0.15) is 8.42 Å². The average Bonchev–Trinajstić information content (AvgIpc) is 1.83. The second-order valence-electron chi connectivity index (χ2n) is 0.894. The molecule has 0 aromatic heterocycles. The number of carbonyl (C=O) groups is 1. The van der Waals surface area contributed by atoms with Crippen LogP contribution in [0.15, 0.2) is 4.47 Å². The first-order valence-electron chi connectivity index (χ1n) is 1.73. The summed E-state index contributed by atoms with van der Waals surface area (Å²) in [6.07, 6.45) is 0. The van der Waals surface area contributed by atoms with Gasteiger partial charge < -0.3 is 0 Å². The molecule has 0 heterocycles. The number of hydrogen-bond acceptors (Lipinski definition) is 5. The molecule has 0 bridgehead atoms. The summed E-state index contributed by atoms with van der Waals surface area (Å²) in [7, 11) is -2.64. The Morgan fingerprint density at radius 2 is 2.11 bits per heavy atom. The second kappa shape index (κ2) is 3.80. The number of nitrogens with zero attached hydrogens (tertiary/aromatic N) is 1. The molecule has 0 rings (SSSR count). The number of carbonyl (C=O) groups excluding carboxylic acids is 1. The van der Waals surface area contributed by atoms with E-state index in [1.165, 1.54) is 0 Å². The van der Waals surface area contributed by atoms with Gasteiger partial charge in [0, 0.05) is 0 Å². The quantitative estimate of drug-likeness (QED) is 0.232. The smallest absolute Gasteiger partial charge is 0.274 e. The first-order chi connectivity index (χ1) is 4.16. The molecule has 9 heavy (non-hydrogen) atoms. The summed E-state index contributed by atoms with van der Waals surface area (Å²) in [6, 6.07) is -0.890. The van der Waals surface area contributed by atoms with Gasteiger partial charge in [0.25, 0.3) is 0 Å². The predicted molar refractivity (Wildman–Crippen MR) is 27.2 cm³/mol. The third-order valence-electron chi connectivity index (χ3n) is 0.353. The van der Waals surface area contributed by atoms with E-state index in [0.717, 1.165) is 0 Å². The second-order valence-corrected chi connectivity index (χ2v) is 1.51. The molecule has 0 aliphatic heterocycles. The number of hydrazine groups is 1. The lowest BCUT2D eigenvalue weighted by Gasteiger charge is -1.90. The Labute approximate surface area is 51.9 Å². The molecule has 0 aliphatic rings. The molecule has 0 atom stereocenters. The first-order valence-corrected chi connectivity index (χ1v) is 2.76. The van der Waals surface area contributed by atoms with Gasteiger partial charge in [0.1, 0.15) is 0 Å². The summed E-state index contributed by atoms with van der Waals surface area (Å²) in [5.74, 6) is 4.54. The number of nitrogens with two attached hydrogens (primary N) is 1. The lowest BCUT2D eigenvalue weighted by molar-refractivity contribution is 0.241. The topological polar surface area (TPSA) is 114 Å². The van der Waals surface area contributed by atoms with E-state index >= 15 is 0 Å². The molecule has 4 N–H and O–H groups in total. The van der Waals surface area contributed by atoms with Crippen LogP contribution in [0.1, 0.15) is 0 Å². The Balaban J connectivity index is 3.78. The molecule has 0 aromatic rings. The molecular formula is CH4N4O3S. The zero-order valence-corrected chi connectivity index (χ0v) is 4.97. The normalized spacial score (nSPS) is 7.67. The van der Waals surface area contributed by atoms with Crippen LogP contribution in [-0.2, 0) is 10.5 Å². The number of amides is 2. The maximum atomic E-state index is 10.0. The minimum Gasteiger partial charge on any atom is -0.274 e. The van der Waals surface area contributed by atoms with Crippen molar-refractivity contribution in [1.82, 2.24) is 10.9 Å². The Bertz CT molecular complexity index is 208. The third-order valence-corrected chi connectivity index (χ3v) is 0.593. The number of rotatable bonds is 1. The minimum atomic E-state index is -2.64. The molecule has 0 radical (unpaired) electrons. The Hall–Kier alpha value is -1.15. The van der Waals surface area contributed by atoms with E-state index in [4.69, 9.17) is 0 Å². The molecule has 0 saturated heterocycles. The van der Waals surface area contributed by atoms with Crippen molar-refractivity contribution in [2.45, 2.75) is 0 Å². The van der Waals surface area contributed by atoms with Crippen molar-refractivity contribution in [3.63, 3.8) is 0 Å². The molecule has 0 fully saturated rings. The molecule has 2 amide bonds. The van der Waals surface area contributed by atoms with Crippen LogP contribution in [0.4, 0.5) is 4.79 Å². The van der Waals surface area contributed by atoms with Crippen molar-refractivity contribution in [3.8, 4) is 0 Å². The van der Waals surface area contributed by atoms with Crippen LogP contribution in [-0.4, -0.2) is 14.4 Å². The molecular weight excluding hydrogens is 148 g/mol. The largest absolute Gasteiger partial charge is 0.350 e. The minimum absolute atomic E-state index is 0.890. The first kappa shape index (κ1) is 7.85. The number of hydrogen-bond donors (Lipinski definition) is 3. The van der Waals surface area contributed by atoms with Gasteiger partial charge in [0.2, 0.25) is 0 Å². The summed E-state index contributed by atoms with van der Waals surface area (Å²) in [4.78, 5) is 10.0. The third kappa shape index (κ3) is 4.71. The highest BCUT2D eigenvalue weighted by molar-refractivity contribution is 7.61. The van der Waals surface area contributed by atoms with Crippen molar-refractivity contribution in [2.24, 2.45) is 10.3 Å². The molecule has 0 aromatic carbocycles. The van der Waals surface area contributed by atoms with Gasteiger partial charge in [-0.3, -0.25) is 5.43 Å². The highest BCUT2D eigenvalue weighted by Gasteiger charge is 1.89. The molecule has 0 saturated carbocycles. The van der Waals surface area contributed by atoms with Gasteiger partial charge >= 0.3 is 16.5 Å². The van der Waals surface area contributed by atoms with Gasteiger partial charge in [0.15, 0.2) is 0 Å². The van der Waals surface area contributed by atoms with Crippen molar-refractivity contribution >= 4 is 16.5 Å². The predicted octanol–water partition coefficient (Wildman–Crippen LogP) is -1.86. The zero-order valence-electron chi connectivity index (χ0n) is 4.16. The fourth-order valence-corrected chi connectivity index (χ4v) is 0.268. The number of nitrogens with one attached hydrogen (secondary N) is 2. The van der Waals surface area contributed by atoms with E-state index in [1.807, 2.05) is 0 Å². The molecule has 0 aliphatic carbocycles. The van der Waals surface area contributed by atoms with Crippen LogP contribution in [0.25, 0.3) is 0 Å². The van der Waals surface area contributed by atoms with Crippen molar-refractivity contribution < 1.29 is 13.2 Å². The zero-order chi connectivity index (χ0) is 7.28. The van der Waals surface area contributed by atoms with Gasteiger partial charge in [-0.25, -0.2) is 16.1 Å². The van der Waals surface area contributed by atoms with Crippen molar-refractivity contribution in [3.05, 3.63) is 0 Å². The average molecular weight is 152 g/mol. The monoisotopic (exact) mass is 152 g/mol. The maximum Gasteiger partial charge on any atom is 0.350 e.